The molecule has 5 nitrogen and oxygen atoms in total. The molecule has 0 fully saturated rings. The van der Waals surface area contributed by atoms with E-state index in [4.69, 9.17) is 9.84 Å². The van der Waals surface area contributed by atoms with Crippen LogP contribution in [0.1, 0.15) is 27.2 Å². The van der Waals surface area contributed by atoms with Crippen LogP contribution in [0.15, 0.2) is 11.1 Å². The Kier molecular flexibility index (Phi) is 8.17. The number of rotatable bonds is 7. The van der Waals surface area contributed by atoms with Gasteiger partial charge in [-0.25, -0.2) is 9.59 Å². The molecule has 0 aromatic heterocycles. The second kappa shape index (κ2) is 8.47. The van der Waals surface area contributed by atoms with Crippen LogP contribution >= 0.6 is 27.7 Å². The van der Waals surface area contributed by atoms with Gasteiger partial charge in [0, 0.05) is 5.75 Å². The van der Waals surface area contributed by atoms with Crippen LogP contribution in [0.4, 0.5) is 4.79 Å². The number of carboxylic acid groups (broad SMARTS) is 1. The lowest BCUT2D eigenvalue weighted by Crippen LogP contribution is -2.43. The maximum Gasteiger partial charge on any atom is 0.408 e. The molecule has 0 saturated heterocycles. The minimum atomic E-state index is -1.07. The van der Waals surface area contributed by atoms with Crippen LogP contribution in [-0.4, -0.2) is 40.3 Å². The highest BCUT2D eigenvalue weighted by Gasteiger charge is 2.23. The first-order chi connectivity index (χ1) is 8.61. The van der Waals surface area contributed by atoms with Gasteiger partial charge < -0.3 is 15.2 Å². The maximum atomic E-state index is 11.5. The molecular formula is C12H20BrNO4S. The standard InChI is InChI=1S/C12H20BrNO4S/c1-8(13)7-19-6-5-9(10(15)16)14-11(17)18-12(2,3)4/h9H,1,5-7H2,2-4H3,(H,14,17)(H,15,16). The van der Waals surface area contributed by atoms with Gasteiger partial charge in [0.15, 0.2) is 0 Å². The minimum Gasteiger partial charge on any atom is -0.480 e. The fourth-order valence-corrected chi connectivity index (χ4v) is 2.35. The Hall–Kier alpha value is -0.690. The van der Waals surface area contributed by atoms with Gasteiger partial charge in [-0.3, -0.25) is 0 Å². The fraction of sp³-hybridized carbons (Fsp3) is 0.667. The number of alkyl carbamates (subject to hydrolysis) is 1. The number of thioether (sulfide) groups is 1. The molecule has 19 heavy (non-hydrogen) atoms. The molecule has 0 aliphatic rings. The zero-order valence-corrected chi connectivity index (χ0v) is 13.8. The highest BCUT2D eigenvalue weighted by atomic mass is 79.9. The molecule has 0 aromatic rings. The molecule has 0 aromatic carbocycles. The van der Waals surface area contributed by atoms with Gasteiger partial charge in [0.05, 0.1) is 0 Å². The van der Waals surface area contributed by atoms with Crippen molar-refractivity contribution in [1.82, 2.24) is 5.32 Å². The summed E-state index contributed by atoms with van der Waals surface area (Å²) in [7, 11) is 0. The van der Waals surface area contributed by atoms with Crippen molar-refractivity contribution in [3.05, 3.63) is 11.1 Å². The van der Waals surface area contributed by atoms with Crippen LogP contribution in [0, 0.1) is 0 Å². The predicted octanol–water partition coefficient (Wildman–Crippen LogP) is 3.00. The van der Waals surface area contributed by atoms with E-state index in [9.17, 15) is 9.59 Å². The predicted molar refractivity (Wildman–Crippen MR) is 80.8 cm³/mol. The lowest BCUT2D eigenvalue weighted by Gasteiger charge is -2.21. The van der Waals surface area contributed by atoms with Gasteiger partial charge >= 0.3 is 12.1 Å². The number of nitrogens with one attached hydrogen (secondary N) is 1. The molecule has 0 aliphatic carbocycles. The number of carbonyl (C=O) groups excluding carboxylic acids is 1. The number of hydrogen-bond acceptors (Lipinski definition) is 4. The first-order valence-corrected chi connectivity index (χ1v) is 7.70. The van der Waals surface area contributed by atoms with Crippen LogP contribution in [0.3, 0.4) is 0 Å². The van der Waals surface area contributed by atoms with E-state index < -0.39 is 23.7 Å². The van der Waals surface area contributed by atoms with Crippen molar-refractivity contribution in [2.24, 2.45) is 0 Å². The highest BCUT2D eigenvalue weighted by Crippen LogP contribution is 2.13. The van der Waals surface area contributed by atoms with E-state index in [0.29, 0.717) is 17.9 Å². The number of amides is 1. The molecule has 1 amide bonds. The van der Waals surface area contributed by atoms with Gasteiger partial charge in [-0.2, -0.15) is 11.8 Å². The van der Waals surface area contributed by atoms with Gasteiger partial charge in [-0.1, -0.05) is 22.5 Å². The fourth-order valence-electron chi connectivity index (χ4n) is 1.09. The van der Waals surface area contributed by atoms with Crippen molar-refractivity contribution in [2.75, 3.05) is 11.5 Å². The largest absolute Gasteiger partial charge is 0.480 e. The van der Waals surface area contributed by atoms with E-state index in [-0.39, 0.29) is 0 Å². The molecule has 0 radical (unpaired) electrons. The summed E-state index contributed by atoms with van der Waals surface area (Å²) in [5.41, 5.74) is -0.643. The first-order valence-electron chi connectivity index (χ1n) is 5.75. The Bertz CT molecular complexity index is 341. The maximum absolute atomic E-state index is 11.5. The van der Waals surface area contributed by atoms with Crippen molar-refractivity contribution < 1.29 is 19.4 Å². The summed E-state index contributed by atoms with van der Waals surface area (Å²) < 4.78 is 5.87. The van der Waals surface area contributed by atoms with E-state index >= 15 is 0 Å². The Morgan fingerprint density at radius 2 is 2.05 bits per heavy atom. The molecule has 0 bridgehead atoms. The van der Waals surface area contributed by atoms with Crippen LogP contribution < -0.4 is 5.32 Å². The summed E-state index contributed by atoms with van der Waals surface area (Å²) in [6, 6.07) is -0.939. The summed E-state index contributed by atoms with van der Waals surface area (Å²) in [5, 5.41) is 11.4. The molecular weight excluding hydrogens is 334 g/mol. The number of aliphatic carboxylic acids is 1. The second-order valence-electron chi connectivity index (χ2n) is 4.90. The topological polar surface area (TPSA) is 75.6 Å². The Morgan fingerprint density at radius 3 is 2.47 bits per heavy atom. The third-order valence-corrected chi connectivity index (χ3v) is 3.53. The second-order valence-corrected chi connectivity index (χ2v) is 7.12. The molecule has 110 valence electrons. The van der Waals surface area contributed by atoms with Crippen molar-refractivity contribution in [3.63, 3.8) is 0 Å². The van der Waals surface area contributed by atoms with Crippen LogP contribution in [0.25, 0.3) is 0 Å². The molecule has 2 N–H and O–H groups in total. The van der Waals surface area contributed by atoms with Crippen LogP contribution in [-0.2, 0) is 9.53 Å². The average molecular weight is 354 g/mol. The molecule has 1 unspecified atom stereocenters. The minimum absolute atomic E-state index is 0.333. The normalized spacial score (nSPS) is 12.6. The molecule has 0 aliphatic heterocycles. The number of carboxylic acids is 1. The molecule has 1 atom stereocenters. The monoisotopic (exact) mass is 353 g/mol. The van der Waals surface area contributed by atoms with Gasteiger partial charge in [-0.05, 0) is 37.4 Å². The Morgan fingerprint density at radius 1 is 1.47 bits per heavy atom. The third kappa shape index (κ3) is 10.9. The molecule has 0 rings (SSSR count). The van der Waals surface area contributed by atoms with E-state index in [1.807, 2.05) is 0 Å². The summed E-state index contributed by atoms with van der Waals surface area (Å²) >= 11 is 4.77. The summed E-state index contributed by atoms with van der Waals surface area (Å²) in [4.78, 5) is 22.5. The first kappa shape index (κ1) is 18.3. The SMILES string of the molecule is C=C(Br)CSCCC(NC(=O)OC(C)(C)C)C(=O)O. The van der Waals surface area contributed by atoms with Crippen molar-refractivity contribution in [3.8, 4) is 0 Å². The quantitative estimate of drug-likeness (QED) is 0.688. The Labute approximate surface area is 126 Å². The lowest BCUT2D eigenvalue weighted by molar-refractivity contribution is -0.139. The zero-order chi connectivity index (χ0) is 15.1. The number of hydrogen-bond donors (Lipinski definition) is 2. The highest BCUT2D eigenvalue weighted by molar-refractivity contribution is 9.11. The van der Waals surface area contributed by atoms with E-state index in [1.54, 1.807) is 32.5 Å². The smallest absolute Gasteiger partial charge is 0.408 e. The molecule has 7 heteroatoms. The number of halogens is 1. The summed E-state index contributed by atoms with van der Waals surface area (Å²) in [6.45, 7) is 8.85. The van der Waals surface area contributed by atoms with Gasteiger partial charge in [0.2, 0.25) is 0 Å². The summed E-state index contributed by atoms with van der Waals surface area (Å²) in [6.07, 6.45) is -0.380. The zero-order valence-electron chi connectivity index (χ0n) is 11.4. The number of carbonyl (C=O) groups is 2. The van der Waals surface area contributed by atoms with Crippen molar-refractivity contribution >= 4 is 39.8 Å². The molecule has 0 heterocycles. The van der Waals surface area contributed by atoms with E-state index in [1.165, 1.54) is 0 Å². The van der Waals surface area contributed by atoms with Crippen molar-refractivity contribution in [2.45, 2.75) is 38.8 Å². The van der Waals surface area contributed by atoms with Crippen LogP contribution in [0.2, 0.25) is 0 Å². The van der Waals surface area contributed by atoms with E-state index in [2.05, 4.69) is 27.8 Å². The van der Waals surface area contributed by atoms with Gasteiger partial charge in [0.1, 0.15) is 11.6 Å². The average Bonchev–Trinajstić information content (AvgIpc) is 2.19. The lowest BCUT2D eigenvalue weighted by atomic mass is 10.2. The van der Waals surface area contributed by atoms with Crippen LogP contribution in [0.5, 0.6) is 0 Å². The molecule has 0 spiro atoms. The van der Waals surface area contributed by atoms with Gasteiger partial charge in [0.25, 0.3) is 0 Å². The summed E-state index contributed by atoms with van der Waals surface area (Å²) in [5.74, 6) is 0.250. The Balaban J connectivity index is 4.16. The van der Waals surface area contributed by atoms with Gasteiger partial charge in [-0.15, -0.1) is 0 Å². The third-order valence-electron chi connectivity index (χ3n) is 1.80. The molecule has 0 saturated carbocycles. The van der Waals surface area contributed by atoms with E-state index in [0.717, 1.165) is 4.48 Å². The van der Waals surface area contributed by atoms with Crippen molar-refractivity contribution in [1.29, 1.82) is 0 Å². The number of ether oxygens (including phenoxy) is 1.